The predicted octanol–water partition coefficient (Wildman–Crippen LogP) is 4.75. The summed E-state index contributed by atoms with van der Waals surface area (Å²) in [5.41, 5.74) is 3.69. The minimum absolute atomic E-state index is 0.350. The van der Waals surface area contributed by atoms with E-state index in [1.54, 1.807) is 48.5 Å². The predicted molar refractivity (Wildman–Crippen MR) is 123 cm³/mol. The fraction of sp³-hybridized carbons (Fsp3) is 0.154. The maximum absolute atomic E-state index is 13.6. The molecule has 162 valence electrons. The van der Waals surface area contributed by atoms with Crippen molar-refractivity contribution in [3.63, 3.8) is 0 Å². The van der Waals surface area contributed by atoms with Crippen LogP contribution in [0.5, 0.6) is 17.2 Å². The molecule has 0 bridgehead atoms. The van der Waals surface area contributed by atoms with Crippen LogP contribution >= 0.6 is 0 Å². The van der Waals surface area contributed by atoms with Crippen LogP contribution in [0, 0.1) is 6.92 Å². The Morgan fingerprint density at radius 3 is 1.91 bits per heavy atom. The molecule has 0 radical (unpaired) electrons. The van der Waals surface area contributed by atoms with Crippen LogP contribution in [0.1, 0.15) is 27.0 Å². The zero-order valence-corrected chi connectivity index (χ0v) is 18.3. The van der Waals surface area contributed by atoms with Crippen LogP contribution in [0.3, 0.4) is 0 Å². The number of aryl methyl sites for hydroxylation is 1. The van der Waals surface area contributed by atoms with Gasteiger partial charge in [-0.1, -0.05) is 35.9 Å². The Kier molecular flexibility index (Phi) is 5.69. The molecule has 0 saturated heterocycles. The van der Waals surface area contributed by atoms with E-state index in [4.69, 9.17) is 14.2 Å². The second-order valence-electron chi connectivity index (χ2n) is 7.34. The highest BCUT2D eigenvalue weighted by molar-refractivity contribution is 6.43. The molecule has 0 unspecified atom stereocenters. The Morgan fingerprint density at radius 1 is 0.750 bits per heavy atom. The van der Waals surface area contributed by atoms with Gasteiger partial charge in [-0.2, -0.15) is 0 Å². The van der Waals surface area contributed by atoms with E-state index >= 15 is 0 Å². The molecule has 4 rings (SSSR count). The molecule has 1 aliphatic heterocycles. The first-order chi connectivity index (χ1) is 15.5. The van der Waals surface area contributed by atoms with Crippen LogP contribution in [-0.4, -0.2) is 33.1 Å². The SMILES string of the molecule is COc1cc(/C=C2/C(=O)N(c3ccc(C)cc3)C(=O)c3ccccc32)cc(OC)c1OC. The molecule has 1 heterocycles. The molecule has 6 nitrogen and oxygen atoms in total. The molecule has 3 aromatic rings. The van der Waals surface area contributed by atoms with Gasteiger partial charge in [-0.05, 0) is 54.5 Å². The molecule has 0 atom stereocenters. The molecular weight excluding hydrogens is 406 g/mol. The fourth-order valence-corrected chi connectivity index (χ4v) is 3.77. The van der Waals surface area contributed by atoms with E-state index in [9.17, 15) is 9.59 Å². The summed E-state index contributed by atoms with van der Waals surface area (Å²) < 4.78 is 16.3. The van der Waals surface area contributed by atoms with Crippen LogP contribution < -0.4 is 19.1 Å². The lowest BCUT2D eigenvalue weighted by Crippen LogP contribution is -2.41. The standard InChI is InChI=1S/C26H23NO5/c1-16-9-11-18(12-10-16)27-25(28)20-8-6-5-7-19(20)21(26(27)29)13-17-14-22(30-2)24(32-4)23(15-17)31-3/h5-15H,1-4H3/b21-13+. The van der Waals surface area contributed by atoms with E-state index < -0.39 is 5.91 Å². The summed E-state index contributed by atoms with van der Waals surface area (Å²) in [6.07, 6.45) is 1.74. The first-order valence-electron chi connectivity index (χ1n) is 10.0. The molecule has 0 fully saturated rings. The average Bonchev–Trinajstić information content (AvgIpc) is 2.82. The van der Waals surface area contributed by atoms with Crippen molar-refractivity contribution >= 4 is 29.2 Å². The van der Waals surface area contributed by atoms with Crippen LogP contribution in [0.2, 0.25) is 0 Å². The minimum atomic E-state index is -0.397. The average molecular weight is 429 g/mol. The first kappa shape index (κ1) is 21.2. The zero-order valence-electron chi connectivity index (χ0n) is 18.3. The minimum Gasteiger partial charge on any atom is -0.493 e. The molecule has 0 aromatic heterocycles. The van der Waals surface area contributed by atoms with Crippen LogP contribution in [-0.2, 0) is 4.79 Å². The summed E-state index contributed by atoms with van der Waals surface area (Å²) in [5, 5.41) is 0. The monoisotopic (exact) mass is 429 g/mol. The fourth-order valence-electron chi connectivity index (χ4n) is 3.77. The number of hydrogen-bond acceptors (Lipinski definition) is 5. The van der Waals surface area contributed by atoms with E-state index in [2.05, 4.69) is 0 Å². The lowest BCUT2D eigenvalue weighted by Gasteiger charge is -2.29. The quantitative estimate of drug-likeness (QED) is 0.433. The normalized spacial score (nSPS) is 14.4. The Labute approximate surface area is 186 Å². The summed E-state index contributed by atoms with van der Waals surface area (Å²) in [4.78, 5) is 28.0. The summed E-state index contributed by atoms with van der Waals surface area (Å²) in [7, 11) is 4.60. The molecule has 0 N–H and O–H groups in total. The zero-order chi connectivity index (χ0) is 22.8. The number of carbonyl (C=O) groups is 2. The maximum atomic E-state index is 13.6. The molecule has 6 heteroatoms. The van der Waals surface area contributed by atoms with Crippen LogP contribution in [0.4, 0.5) is 5.69 Å². The van der Waals surface area contributed by atoms with Gasteiger partial charge in [-0.25, -0.2) is 4.90 Å². The van der Waals surface area contributed by atoms with Gasteiger partial charge in [0.15, 0.2) is 11.5 Å². The Morgan fingerprint density at radius 2 is 1.34 bits per heavy atom. The van der Waals surface area contributed by atoms with Gasteiger partial charge in [-0.15, -0.1) is 0 Å². The molecule has 3 aromatic carbocycles. The molecule has 1 aliphatic rings. The number of carbonyl (C=O) groups excluding carboxylic acids is 2. The molecule has 2 amide bonds. The Balaban J connectivity index is 1.90. The second kappa shape index (κ2) is 8.59. The van der Waals surface area contributed by atoms with Crippen molar-refractivity contribution in [2.45, 2.75) is 6.92 Å². The smallest absolute Gasteiger partial charge is 0.265 e. The highest BCUT2D eigenvalue weighted by atomic mass is 16.5. The lowest BCUT2D eigenvalue weighted by atomic mass is 9.91. The first-order valence-corrected chi connectivity index (χ1v) is 10.0. The van der Waals surface area contributed by atoms with Crippen molar-refractivity contribution in [3.05, 3.63) is 82.9 Å². The van der Waals surface area contributed by atoms with Crippen molar-refractivity contribution in [3.8, 4) is 17.2 Å². The van der Waals surface area contributed by atoms with Crippen LogP contribution in [0.15, 0.2) is 60.7 Å². The van der Waals surface area contributed by atoms with E-state index in [0.717, 1.165) is 5.56 Å². The Bertz CT molecular complexity index is 1200. The number of anilines is 1. The van der Waals surface area contributed by atoms with Crippen LogP contribution in [0.25, 0.3) is 11.6 Å². The van der Waals surface area contributed by atoms with E-state index in [-0.39, 0.29) is 5.91 Å². The van der Waals surface area contributed by atoms with E-state index in [1.807, 2.05) is 25.1 Å². The van der Waals surface area contributed by atoms with Crippen molar-refractivity contribution in [1.29, 1.82) is 0 Å². The number of amides is 2. The number of hydrogen-bond donors (Lipinski definition) is 0. The number of rotatable bonds is 5. The van der Waals surface area contributed by atoms with Gasteiger partial charge >= 0.3 is 0 Å². The number of benzene rings is 3. The van der Waals surface area contributed by atoms with Gasteiger partial charge in [0.05, 0.1) is 27.0 Å². The lowest BCUT2D eigenvalue weighted by molar-refractivity contribution is -0.112. The third-order valence-electron chi connectivity index (χ3n) is 5.37. The number of ether oxygens (including phenoxy) is 3. The van der Waals surface area contributed by atoms with Gasteiger partial charge in [0, 0.05) is 11.1 Å². The summed E-state index contributed by atoms with van der Waals surface area (Å²) in [5.74, 6) is 0.662. The van der Waals surface area contributed by atoms with Gasteiger partial charge in [0.25, 0.3) is 11.8 Å². The second-order valence-corrected chi connectivity index (χ2v) is 7.34. The third-order valence-corrected chi connectivity index (χ3v) is 5.37. The molecule has 32 heavy (non-hydrogen) atoms. The summed E-state index contributed by atoms with van der Waals surface area (Å²) >= 11 is 0. The van der Waals surface area contributed by atoms with Gasteiger partial charge in [-0.3, -0.25) is 9.59 Å². The summed E-state index contributed by atoms with van der Waals surface area (Å²) in [6.45, 7) is 1.95. The third kappa shape index (κ3) is 3.60. The maximum Gasteiger partial charge on any atom is 0.265 e. The number of nitrogens with zero attached hydrogens (tertiary/aromatic N) is 1. The highest BCUT2D eigenvalue weighted by Crippen LogP contribution is 2.40. The highest BCUT2D eigenvalue weighted by Gasteiger charge is 2.35. The van der Waals surface area contributed by atoms with E-state index in [0.29, 0.717) is 45.2 Å². The number of methoxy groups -OCH3 is 3. The molecule has 0 spiro atoms. The Hall–Kier alpha value is -4.06. The largest absolute Gasteiger partial charge is 0.493 e. The van der Waals surface area contributed by atoms with Crippen molar-refractivity contribution in [2.24, 2.45) is 0 Å². The number of fused-ring (bicyclic) bond motifs is 1. The van der Waals surface area contributed by atoms with Gasteiger partial charge < -0.3 is 14.2 Å². The van der Waals surface area contributed by atoms with Gasteiger partial charge in [0.1, 0.15) is 0 Å². The topological polar surface area (TPSA) is 65.1 Å². The van der Waals surface area contributed by atoms with Gasteiger partial charge in [0.2, 0.25) is 5.75 Å². The molecule has 0 aliphatic carbocycles. The molecular formula is C26H23NO5. The molecule has 0 saturated carbocycles. The summed E-state index contributed by atoms with van der Waals surface area (Å²) in [6, 6.07) is 17.9. The van der Waals surface area contributed by atoms with Crippen molar-refractivity contribution in [2.75, 3.05) is 26.2 Å². The van der Waals surface area contributed by atoms with E-state index in [1.165, 1.54) is 26.2 Å². The van der Waals surface area contributed by atoms with Crippen molar-refractivity contribution in [1.82, 2.24) is 0 Å². The number of imide groups is 1. The van der Waals surface area contributed by atoms with Crippen molar-refractivity contribution < 1.29 is 23.8 Å².